The lowest BCUT2D eigenvalue weighted by Crippen LogP contribution is -2.26. The normalized spacial score (nSPS) is 10.8. The first-order chi connectivity index (χ1) is 13.5. The van der Waals surface area contributed by atoms with Crippen LogP contribution in [0.3, 0.4) is 0 Å². The van der Waals surface area contributed by atoms with Gasteiger partial charge in [0.15, 0.2) is 0 Å². The summed E-state index contributed by atoms with van der Waals surface area (Å²) in [6.45, 7) is 4.61. The number of pyridine rings is 1. The molecule has 0 spiro atoms. The predicted octanol–water partition coefficient (Wildman–Crippen LogP) is 3.45. The van der Waals surface area contributed by atoms with Crippen molar-refractivity contribution in [1.29, 1.82) is 0 Å². The Hall–Kier alpha value is -3.08. The molecule has 0 bridgehead atoms. The Labute approximate surface area is 164 Å². The summed E-state index contributed by atoms with van der Waals surface area (Å²) >= 11 is 0. The van der Waals surface area contributed by atoms with Gasteiger partial charge in [0.1, 0.15) is 5.75 Å². The van der Waals surface area contributed by atoms with Crippen molar-refractivity contribution in [2.24, 2.45) is 0 Å². The van der Waals surface area contributed by atoms with E-state index in [1.54, 1.807) is 7.11 Å². The van der Waals surface area contributed by atoms with Crippen LogP contribution in [0.15, 0.2) is 47.3 Å². The monoisotopic (exact) mass is 378 g/mol. The van der Waals surface area contributed by atoms with E-state index in [-0.39, 0.29) is 11.5 Å². The number of aryl methyl sites for hydroxylation is 3. The summed E-state index contributed by atoms with van der Waals surface area (Å²) in [6.07, 6.45) is 1.47. The second kappa shape index (κ2) is 8.74. The number of fused-ring (bicyclic) bond motifs is 1. The minimum Gasteiger partial charge on any atom is -0.497 e. The third kappa shape index (κ3) is 4.80. The van der Waals surface area contributed by atoms with Crippen LogP contribution in [-0.4, -0.2) is 24.5 Å². The molecule has 0 saturated carbocycles. The molecule has 0 atom stereocenters. The number of hydrogen-bond donors (Lipinski definition) is 2. The van der Waals surface area contributed by atoms with Crippen molar-refractivity contribution >= 4 is 16.8 Å². The van der Waals surface area contributed by atoms with Crippen LogP contribution in [0.2, 0.25) is 0 Å². The summed E-state index contributed by atoms with van der Waals surface area (Å²) < 4.78 is 5.14. The first kappa shape index (κ1) is 19.7. The van der Waals surface area contributed by atoms with Gasteiger partial charge < -0.3 is 15.0 Å². The molecule has 5 heteroatoms. The van der Waals surface area contributed by atoms with Gasteiger partial charge in [-0.05, 0) is 67.6 Å². The third-order valence-corrected chi connectivity index (χ3v) is 4.91. The van der Waals surface area contributed by atoms with E-state index in [4.69, 9.17) is 4.74 Å². The molecule has 0 radical (unpaired) electrons. The van der Waals surface area contributed by atoms with E-state index in [0.717, 1.165) is 39.8 Å². The van der Waals surface area contributed by atoms with Crippen LogP contribution in [0, 0.1) is 13.8 Å². The molecule has 146 valence electrons. The molecule has 3 aromatic rings. The van der Waals surface area contributed by atoms with E-state index in [9.17, 15) is 9.59 Å². The molecule has 2 aromatic carbocycles. The minimum absolute atomic E-state index is 0.0476. The quantitative estimate of drug-likeness (QED) is 0.662. The van der Waals surface area contributed by atoms with E-state index in [2.05, 4.69) is 16.4 Å². The van der Waals surface area contributed by atoms with Crippen molar-refractivity contribution in [3.63, 3.8) is 0 Å². The van der Waals surface area contributed by atoms with Gasteiger partial charge in [-0.15, -0.1) is 0 Å². The van der Waals surface area contributed by atoms with Crippen LogP contribution in [0.1, 0.15) is 28.7 Å². The number of aromatic nitrogens is 1. The Bertz CT molecular complexity index is 1040. The summed E-state index contributed by atoms with van der Waals surface area (Å²) in [5.41, 5.74) is 4.74. The highest BCUT2D eigenvalue weighted by atomic mass is 16.5. The number of benzene rings is 2. The maximum Gasteiger partial charge on any atom is 0.251 e. The van der Waals surface area contributed by atoms with Crippen LogP contribution >= 0.6 is 0 Å². The van der Waals surface area contributed by atoms with Crippen molar-refractivity contribution < 1.29 is 9.53 Å². The molecule has 0 saturated heterocycles. The Morgan fingerprint density at radius 3 is 2.54 bits per heavy atom. The number of nitrogens with one attached hydrogen (secondary N) is 2. The van der Waals surface area contributed by atoms with E-state index in [1.807, 2.05) is 50.2 Å². The summed E-state index contributed by atoms with van der Waals surface area (Å²) in [5, 5.41) is 3.95. The van der Waals surface area contributed by atoms with E-state index in [0.29, 0.717) is 24.9 Å². The van der Waals surface area contributed by atoms with Gasteiger partial charge in [-0.1, -0.05) is 18.2 Å². The van der Waals surface area contributed by atoms with Crippen molar-refractivity contribution in [3.05, 3.63) is 75.1 Å². The van der Waals surface area contributed by atoms with Gasteiger partial charge in [-0.25, -0.2) is 0 Å². The zero-order chi connectivity index (χ0) is 20.1. The van der Waals surface area contributed by atoms with Gasteiger partial charge >= 0.3 is 0 Å². The lowest BCUT2D eigenvalue weighted by atomic mass is 10.0. The number of hydrogen-bond acceptors (Lipinski definition) is 3. The molecule has 0 aliphatic rings. The second-order valence-electron chi connectivity index (χ2n) is 7.11. The maximum atomic E-state index is 12.3. The standard InChI is InChI=1S/C23H26N2O3/c1-15-12-16(2)20-14-18(23(27)25-21(20)13-15)6-9-22(26)24-11-10-17-4-7-19(28-3)8-5-17/h4-5,7-8,12-14H,6,9-11H2,1-3H3,(H,24,26)(H,25,27). The fourth-order valence-corrected chi connectivity index (χ4v) is 3.38. The first-order valence-corrected chi connectivity index (χ1v) is 9.49. The topological polar surface area (TPSA) is 71.2 Å². The highest BCUT2D eigenvalue weighted by Gasteiger charge is 2.08. The van der Waals surface area contributed by atoms with Gasteiger partial charge in [0.05, 0.1) is 7.11 Å². The molecule has 3 rings (SSSR count). The van der Waals surface area contributed by atoms with Crippen molar-refractivity contribution in [1.82, 2.24) is 10.3 Å². The van der Waals surface area contributed by atoms with Gasteiger partial charge in [0, 0.05) is 29.4 Å². The molecule has 5 nitrogen and oxygen atoms in total. The average Bonchev–Trinajstić information content (AvgIpc) is 2.67. The van der Waals surface area contributed by atoms with E-state index < -0.39 is 0 Å². The molecule has 1 heterocycles. The fraction of sp³-hybridized carbons (Fsp3) is 0.304. The number of methoxy groups -OCH3 is 1. The zero-order valence-electron chi connectivity index (χ0n) is 16.6. The van der Waals surface area contributed by atoms with Crippen molar-refractivity contribution in [2.45, 2.75) is 33.1 Å². The molecule has 28 heavy (non-hydrogen) atoms. The Morgan fingerprint density at radius 2 is 1.82 bits per heavy atom. The molecule has 1 aromatic heterocycles. The highest BCUT2D eigenvalue weighted by molar-refractivity contribution is 5.83. The van der Waals surface area contributed by atoms with E-state index >= 15 is 0 Å². The highest BCUT2D eigenvalue weighted by Crippen LogP contribution is 2.18. The summed E-state index contributed by atoms with van der Waals surface area (Å²) in [7, 11) is 1.64. The number of ether oxygens (including phenoxy) is 1. The van der Waals surface area contributed by atoms with Crippen LogP contribution in [-0.2, 0) is 17.6 Å². The molecular weight excluding hydrogens is 352 g/mol. The fourth-order valence-electron chi connectivity index (χ4n) is 3.38. The van der Waals surface area contributed by atoms with Gasteiger partial charge in [0.2, 0.25) is 5.91 Å². The largest absolute Gasteiger partial charge is 0.497 e. The lowest BCUT2D eigenvalue weighted by Gasteiger charge is -2.08. The Kier molecular flexibility index (Phi) is 6.14. The Balaban J connectivity index is 1.55. The van der Waals surface area contributed by atoms with Crippen molar-refractivity contribution in [3.8, 4) is 5.75 Å². The smallest absolute Gasteiger partial charge is 0.251 e. The lowest BCUT2D eigenvalue weighted by molar-refractivity contribution is -0.121. The number of rotatable bonds is 7. The molecule has 2 N–H and O–H groups in total. The first-order valence-electron chi connectivity index (χ1n) is 9.49. The number of amides is 1. The number of carbonyl (C=O) groups is 1. The van der Waals surface area contributed by atoms with Crippen LogP contribution in [0.5, 0.6) is 5.75 Å². The second-order valence-corrected chi connectivity index (χ2v) is 7.11. The molecule has 0 aliphatic heterocycles. The summed E-state index contributed by atoms with van der Waals surface area (Å²) in [4.78, 5) is 27.4. The SMILES string of the molecule is COc1ccc(CCNC(=O)CCc2cc3c(C)cc(C)cc3[nH]c2=O)cc1. The minimum atomic E-state index is -0.122. The summed E-state index contributed by atoms with van der Waals surface area (Å²) in [6, 6.07) is 13.8. The predicted molar refractivity (Wildman–Crippen MR) is 112 cm³/mol. The van der Waals surface area contributed by atoms with Crippen molar-refractivity contribution in [2.75, 3.05) is 13.7 Å². The number of carbonyl (C=O) groups excluding carboxylic acids is 1. The van der Waals surface area contributed by atoms with Crippen LogP contribution in [0.25, 0.3) is 10.9 Å². The third-order valence-electron chi connectivity index (χ3n) is 4.91. The number of H-pyrrole nitrogens is 1. The van der Waals surface area contributed by atoms with Gasteiger partial charge in [-0.2, -0.15) is 0 Å². The molecule has 1 amide bonds. The van der Waals surface area contributed by atoms with Gasteiger partial charge in [-0.3, -0.25) is 9.59 Å². The zero-order valence-corrected chi connectivity index (χ0v) is 16.6. The van der Waals surface area contributed by atoms with Crippen LogP contribution in [0.4, 0.5) is 0 Å². The maximum absolute atomic E-state index is 12.3. The molecule has 0 aliphatic carbocycles. The summed E-state index contributed by atoms with van der Waals surface area (Å²) in [5.74, 6) is 0.771. The molecule has 0 unspecified atom stereocenters. The Morgan fingerprint density at radius 1 is 1.07 bits per heavy atom. The number of aromatic amines is 1. The van der Waals surface area contributed by atoms with Crippen LogP contribution < -0.4 is 15.6 Å². The average molecular weight is 378 g/mol. The molecular formula is C23H26N2O3. The van der Waals surface area contributed by atoms with E-state index in [1.165, 1.54) is 0 Å². The molecule has 0 fully saturated rings. The van der Waals surface area contributed by atoms with Gasteiger partial charge in [0.25, 0.3) is 5.56 Å².